The summed E-state index contributed by atoms with van der Waals surface area (Å²) in [5.41, 5.74) is 6.38. The molecule has 4 rings (SSSR count). The molecule has 2 aliphatic carbocycles. The highest BCUT2D eigenvalue weighted by Gasteiger charge is 2.43. The van der Waals surface area contributed by atoms with Crippen LogP contribution in [0.4, 0.5) is 0 Å². The van der Waals surface area contributed by atoms with Gasteiger partial charge in [0.25, 0.3) is 0 Å². The van der Waals surface area contributed by atoms with Gasteiger partial charge in [0.2, 0.25) is 5.91 Å². The molecule has 24 heavy (non-hydrogen) atoms. The zero-order valence-corrected chi connectivity index (χ0v) is 15.5. The van der Waals surface area contributed by atoms with Gasteiger partial charge < -0.3 is 15.4 Å². The number of fused-ring (bicyclic) bond motifs is 2. The van der Waals surface area contributed by atoms with Gasteiger partial charge in [-0.15, -0.1) is 12.4 Å². The fraction of sp³-hybridized carbons (Fsp3) is 0.947. The van der Waals surface area contributed by atoms with E-state index in [2.05, 4.69) is 4.90 Å². The van der Waals surface area contributed by atoms with Crippen LogP contribution in [0.5, 0.6) is 0 Å². The number of carbonyl (C=O) groups excluding carboxylic acids is 1. The Morgan fingerprint density at radius 2 is 1.58 bits per heavy atom. The van der Waals surface area contributed by atoms with Crippen molar-refractivity contribution in [1.29, 1.82) is 0 Å². The lowest BCUT2D eigenvalue weighted by Crippen LogP contribution is -2.49. The van der Waals surface area contributed by atoms with E-state index < -0.39 is 0 Å². The van der Waals surface area contributed by atoms with E-state index in [1.54, 1.807) is 0 Å². The van der Waals surface area contributed by atoms with Crippen LogP contribution in [-0.4, -0.2) is 43.2 Å². The summed E-state index contributed by atoms with van der Waals surface area (Å²) in [6, 6.07) is 0.362. The van der Waals surface area contributed by atoms with Gasteiger partial charge >= 0.3 is 0 Å². The van der Waals surface area contributed by atoms with Crippen molar-refractivity contribution in [3.63, 3.8) is 0 Å². The molecule has 2 saturated heterocycles. The fourth-order valence-electron chi connectivity index (χ4n) is 5.81. The maximum absolute atomic E-state index is 13.0. The van der Waals surface area contributed by atoms with Gasteiger partial charge in [-0.25, -0.2) is 0 Å². The molecule has 3 unspecified atom stereocenters. The van der Waals surface area contributed by atoms with E-state index in [1.807, 2.05) is 0 Å². The SMILES string of the molecule is Cl.NC1C2CCCC1CC(C(=O)N1CCC(C3CCOCC3)C1)C2. The van der Waals surface area contributed by atoms with Crippen LogP contribution in [0.15, 0.2) is 0 Å². The number of ether oxygens (including phenoxy) is 1. The molecule has 1 amide bonds. The van der Waals surface area contributed by atoms with Gasteiger partial charge in [0.05, 0.1) is 0 Å². The molecule has 138 valence electrons. The minimum atomic E-state index is 0. The van der Waals surface area contributed by atoms with Gasteiger partial charge in [0.1, 0.15) is 0 Å². The van der Waals surface area contributed by atoms with E-state index in [0.717, 1.165) is 45.1 Å². The summed E-state index contributed by atoms with van der Waals surface area (Å²) in [7, 11) is 0. The molecule has 2 heterocycles. The third-order valence-electron chi connectivity index (χ3n) is 7.23. The van der Waals surface area contributed by atoms with Crippen LogP contribution in [-0.2, 0) is 9.53 Å². The Morgan fingerprint density at radius 3 is 2.25 bits per heavy atom. The van der Waals surface area contributed by atoms with E-state index in [1.165, 1.54) is 38.5 Å². The number of carbonyl (C=O) groups is 1. The van der Waals surface area contributed by atoms with E-state index in [0.29, 0.717) is 29.7 Å². The van der Waals surface area contributed by atoms with Crippen molar-refractivity contribution < 1.29 is 9.53 Å². The topological polar surface area (TPSA) is 55.6 Å². The first-order valence-corrected chi connectivity index (χ1v) is 9.84. The van der Waals surface area contributed by atoms with Crippen molar-refractivity contribution in [2.45, 2.75) is 57.4 Å². The molecular weight excluding hydrogens is 324 g/mol. The van der Waals surface area contributed by atoms with E-state index >= 15 is 0 Å². The molecule has 5 heteroatoms. The molecule has 4 fully saturated rings. The van der Waals surface area contributed by atoms with E-state index in [-0.39, 0.29) is 18.3 Å². The summed E-state index contributed by atoms with van der Waals surface area (Å²) < 4.78 is 5.49. The Balaban J connectivity index is 0.00000169. The van der Waals surface area contributed by atoms with Crippen molar-refractivity contribution >= 4 is 18.3 Å². The quantitative estimate of drug-likeness (QED) is 0.827. The first kappa shape index (κ1) is 18.5. The maximum Gasteiger partial charge on any atom is 0.225 e. The number of halogens is 1. The minimum absolute atomic E-state index is 0. The molecular formula is C19H33ClN2O2. The summed E-state index contributed by atoms with van der Waals surface area (Å²) in [6.45, 7) is 3.82. The van der Waals surface area contributed by atoms with Crippen LogP contribution < -0.4 is 5.73 Å². The zero-order chi connectivity index (χ0) is 15.8. The van der Waals surface area contributed by atoms with Crippen LogP contribution in [0.3, 0.4) is 0 Å². The first-order valence-electron chi connectivity index (χ1n) is 9.84. The molecule has 2 aliphatic heterocycles. The second-order valence-corrected chi connectivity index (χ2v) is 8.48. The Morgan fingerprint density at radius 1 is 0.917 bits per heavy atom. The van der Waals surface area contributed by atoms with Crippen molar-refractivity contribution in [3.8, 4) is 0 Å². The lowest BCUT2D eigenvalue weighted by Gasteiger charge is -2.44. The molecule has 4 aliphatic rings. The van der Waals surface area contributed by atoms with Crippen molar-refractivity contribution in [1.82, 2.24) is 4.90 Å². The highest BCUT2D eigenvalue weighted by atomic mass is 35.5. The van der Waals surface area contributed by atoms with Crippen molar-refractivity contribution in [2.75, 3.05) is 26.3 Å². The van der Waals surface area contributed by atoms with Crippen LogP contribution in [0.25, 0.3) is 0 Å². The lowest BCUT2D eigenvalue weighted by molar-refractivity contribution is -0.137. The number of likely N-dealkylation sites (tertiary alicyclic amines) is 1. The third-order valence-corrected chi connectivity index (χ3v) is 7.23. The van der Waals surface area contributed by atoms with Crippen molar-refractivity contribution in [2.24, 2.45) is 35.3 Å². The predicted octanol–water partition coefficient (Wildman–Crippen LogP) is 2.84. The molecule has 0 aromatic carbocycles. The molecule has 2 bridgehead atoms. The second-order valence-electron chi connectivity index (χ2n) is 8.48. The maximum atomic E-state index is 13.0. The van der Waals surface area contributed by atoms with Crippen molar-refractivity contribution in [3.05, 3.63) is 0 Å². The smallest absolute Gasteiger partial charge is 0.225 e. The second kappa shape index (κ2) is 7.92. The number of hydrogen-bond acceptors (Lipinski definition) is 3. The number of hydrogen-bond donors (Lipinski definition) is 1. The Bertz CT molecular complexity index is 427. The summed E-state index contributed by atoms with van der Waals surface area (Å²) in [6.07, 6.45) is 9.49. The predicted molar refractivity (Wildman–Crippen MR) is 97.0 cm³/mol. The van der Waals surface area contributed by atoms with Gasteiger partial charge in [0, 0.05) is 38.3 Å². The van der Waals surface area contributed by atoms with Crippen LogP contribution in [0.2, 0.25) is 0 Å². The monoisotopic (exact) mass is 356 g/mol. The van der Waals surface area contributed by atoms with Crippen LogP contribution >= 0.6 is 12.4 Å². The molecule has 3 atom stereocenters. The third kappa shape index (κ3) is 3.61. The average Bonchev–Trinajstić information content (AvgIpc) is 3.05. The fourth-order valence-corrected chi connectivity index (χ4v) is 5.81. The van der Waals surface area contributed by atoms with E-state index in [9.17, 15) is 4.79 Å². The highest BCUT2D eigenvalue weighted by Crippen LogP contribution is 2.43. The number of nitrogens with two attached hydrogens (primary N) is 1. The molecule has 2 saturated carbocycles. The molecule has 0 aromatic rings. The van der Waals surface area contributed by atoms with Gasteiger partial charge in [0.15, 0.2) is 0 Å². The zero-order valence-electron chi connectivity index (χ0n) is 14.7. The highest BCUT2D eigenvalue weighted by molar-refractivity contribution is 5.85. The molecule has 0 spiro atoms. The molecule has 4 nitrogen and oxygen atoms in total. The normalized spacial score (nSPS) is 40.2. The number of amides is 1. The van der Waals surface area contributed by atoms with E-state index in [4.69, 9.17) is 10.5 Å². The largest absolute Gasteiger partial charge is 0.381 e. The standard InChI is InChI=1S/C19H32N2O2.ClH/c20-18-14-2-1-3-15(18)11-17(10-14)19(22)21-7-4-16(12-21)13-5-8-23-9-6-13;/h13-18H,1-12,20H2;1H. The minimum Gasteiger partial charge on any atom is -0.381 e. The first-order chi connectivity index (χ1) is 11.2. The number of nitrogens with zero attached hydrogens (tertiary/aromatic N) is 1. The summed E-state index contributed by atoms with van der Waals surface area (Å²) in [5, 5.41) is 0. The molecule has 2 N–H and O–H groups in total. The average molecular weight is 357 g/mol. The summed E-state index contributed by atoms with van der Waals surface area (Å²) >= 11 is 0. The van der Waals surface area contributed by atoms with Gasteiger partial charge in [-0.2, -0.15) is 0 Å². The summed E-state index contributed by atoms with van der Waals surface area (Å²) in [4.78, 5) is 15.2. The van der Waals surface area contributed by atoms with Crippen LogP contribution in [0.1, 0.15) is 51.4 Å². The Kier molecular flexibility index (Phi) is 6.10. The van der Waals surface area contributed by atoms with Gasteiger partial charge in [-0.05, 0) is 68.6 Å². The lowest BCUT2D eigenvalue weighted by atomic mass is 9.65. The van der Waals surface area contributed by atoms with Crippen LogP contribution in [0, 0.1) is 29.6 Å². The van der Waals surface area contributed by atoms with Gasteiger partial charge in [-0.3, -0.25) is 4.79 Å². The number of rotatable bonds is 2. The molecule has 0 radical (unpaired) electrons. The Hall–Kier alpha value is -0.320. The Labute approximate surface area is 152 Å². The van der Waals surface area contributed by atoms with Gasteiger partial charge in [-0.1, -0.05) is 6.42 Å². The molecule has 0 aromatic heterocycles. The summed E-state index contributed by atoms with van der Waals surface area (Å²) in [5.74, 6) is 3.41.